The minimum absolute atomic E-state index is 0.0393. The summed E-state index contributed by atoms with van der Waals surface area (Å²) in [5.41, 5.74) is 3.17. The van der Waals surface area contributed by atoms with Crippen LogP contribution < -0.4 is 5.32 Å². The van der Waals surface area contributed by atoms with Gasteiger partial charge in [-0.2, -0.15) is 0 Å². The van der Waals surface area contributed by atoms with Crippen LogP contribution in [-0.4, -0.2) is 10.8 Å². The molecule has 1 aromatic heterocycles. The summed E-state index contributed by atoms with van der Waals surface area (Å²) < 4.78 is 0. The molecule has 0 saturated heterocycles. The smallest absolute Gasteiger partial charge is 0.211 e. The highest BCUT2D eigenvalue weighted by molar-refractivity contribution is 6.20. The molecule has 82 valence electrons. The molecule has 0 spiro atoms. The Morgan fingerprint density at radius 1 is 1.06 bits per heavy atom. The van der Waals surface area contributed by atoms with Crippen LogP contribution in [0.3, 0.4) is 0 Å². The minimum atomic E-state index is 0.0393. The summed E-state index contributed by atoms with van der Waals surface area (Å²) >= 11 is 0. The number of nitrogens with one attached hydrogen (secondary N) is 1. The highest BCUT2D eigenvalue weighted by Crippen LogP contribution is 2.28. The average Bonchev–Trinajstić information content (AvgIpc) is 2.68. The minimum Gasteiger partial charge on any atom is -0.352 e. The highest BCUT2D eigenvalue weighted by Gasteiger charge is 2.23. The normalized spacial score (nSPS) is 15.8. The third-order valence-electron chi connectivity index (χ3n) is 2.70. The lowest BCUT2D eigenvalue weighted by molar-refractivity contribution is 0.104. The SMILES string of the molecule is O=C1C(=Cc2ccncc2)Nc2ccccc21. The van der Waals surface area contributed by atoms with Crippen molar-refractivity contribution in [3.05, 3.63) is 65.6 Å². The number of hydrogen-bond donors (Lipinski definition) is 1. The summed E-state index contributed by atoms with van der Waals surface area (Å²) in [4.78, 5) is 16.0. The van der Waals surface area contributed by atoms with Crippen molar-refractivity contribution in [3.8, 4) is 0 Å². The van der Waals surface area contributed by atoms with Gasteiger partial charge in [0.15, 0.2) is 0 Å². The lowest BCUT2D eigenvalue weighted by Crippen LogP contribution is -1.99. The molecule has 0 amide bonds. The molecule has 3 rings (SSSR count). The van der Waals surface area contributed by atoms with Crippen molar-refractivity contribution in [2.24, 2.45) is 0 Å². The van der Waals surface area contributed by atoms with E-state index in [4.69, 9.17) is 0 Å². The highest BCUT2D eigenvalue weighted by atomic mass is 16.1. The van der Waals surface area contributed by atoms with Gasteiger partial charge in [-0.05, 0) is 35.9 Å². The van der Waals surface area contributed by atoms with Crippen molar-refractivity contribution < 1.29 is 4.79 Å². The molecule has 2 aromatic rings. The number of carbonyl (C=O) groups is 1. The Kier molecular flexibility index (Phi) is 2.22. The molecule has 0 unspecified atom stereocenters. The molecule has 17 heavy (non-hydrogen) atoms. The van der Waals surface area contributed by atoms with Crippen LogP contribution in [0.5, 0.6) is 0 Å². The Labute approximate surface area is 98.8 Å². The largest absolute Gasteiger partial charge is 0.352 e. The van der Waals surface area contributed by atoms with Crippen LogP contribution in [-0.2, 0) is 0 Å². The van der Waals surface area contributed by atoms with Gasteiger partial charge in [0.25, 0.3) is 0 Å². The van der Waals surface area contributed by atoms with Gasteiger partial charge in [-0.25, -0.2) is 0 Å². The first-order chi connectivity index (χ1) is 8.34. The van der Waals surface area contributed by atoms with Crippen LogP contribution in [0.1, 0.15) is 15.9 Å². The van der Waals surface area contributed by atoms with Crippen LogP contribution in [0.4, 0.5) is 5.69 Å². The Morgan fingerprint density at radius 2 is 1.82 bits per heavy atom. The number of benzene rings is 1. The fourth-order valence-electron chi connectivity index (χ4n) is 1.87. The van der Waals surface area contributed by atoms with E-state index in [-0.39, 0.29) is 5.78 Å². The van der Waals surface area contributed by atoms with Crippen molar-refractivity contribution in [1.29, 1.82) is 0 Å². The van der Waals surface area contributed by atoms with Gasteiger partial charge in [-0.1, -0.05) is 12.1 Å². The van der Waals surface area contributed by atoms with Crippen LogP contribution >= 0.6 is 0 Å². The monoisotopic (exact) mass is 222 g/mol. The predicted octanol–water partition coefficient (Wildman–Crippen LogP) is 2.73. The van der Waals surface area contributed by atoms with Crippen molar-refractivity contribution in [3.63, 3.8) is 0 Å². The van der Waals surface area contributed by atoms with Crippen molar-refractivity contribution >= 4 is 17.5 Å². The standard InChI is InChI=1S/C14H10N2O/c17-14-11-3-1-2-4-12(11)16-13(14)9-10-5-7-15-8-6-10/h1-9,16H. The Balaban J connectivity index is 2.00. The molecule has 2 heterocycles. The Bertz CT molecular complexity index is 603. The van der Waals surface area contributed by atoms with Gasteiger partial charge >= 0.3 is 0 Å². The topological polar surface area (TPSA) is 42.0 Å². The Hall–Kier alpha value is -2.42. The van der Waals surface area contributed by atoms with E-state index >= 15 is 0 Å². The number of Topliss-reactive ketones (excluding diaryl/α,β-unsaturated/α-hetero) is 1. The van der Waals surface area contributed by atoms with E-state index in [1.807, 2.05) is 42.5 Å². The molecule has 1 aromatic carbocycles. The maximum Gasteiger partial charge on any atom is 0.211 e. The van der Waals surface area contributed by atoms with E-state index in [0.717, 1.165) is 16.8 Å². The zero-order valence-corrected chi connectivity index (χ0v) is 9.05. The van der Waals surface area contributed by atoms with Gasteiger partial charge in [0.2, 0.25) is 5.78 Å². The fraction of sp³-hybridized carbons (Fsp3) is 0. The maximum absolute atomic E-state index is 12.1. The van der Waals surface area contributed by atoms with Crippen molar-refractivity contribution in [2.75, 3.05) is 5.32 Å². The molecule has 0 radical (unpaired) electrons. The quantitative estimate of drug-likeness (QED) is 0.754. The number of ketones is 1. The number of para-hydroxylation sites is 1. The second-order valence-electron chi connectivity index (χ2n) is 3.84. The zero-order chi connectivity index (χ0) is 11.7. The van der Waals surface area contributed by atoms with E-state index < -0.39 is 0 Å². The fourth-order valence-corrected chi connectivity index (χ4v) is 1.87. The first-order valence-electron chi connectivity index (χ1n) is 5.37. The molecule has 3 nitrogen and oxygen atoms in total. The lowest BCUT2D eigenvalue weighted by Gasteiger charge is -1.98. The average molecular weight is 222 g/mol. The number of anilines is 1. The van der Waals surface area contributed by atoms with Crippen molar-refractivity contribution in [2.45, 2.75) is 0 Å². The maximum atomic E-state index is 12.1. The van der Waals surface area contributed by atoms with Gasteiger partial charge < -0.3 is 5.32 Å². The van der Waals surface area contributed by atoms with Crippen LogP contribution in [0.25, 0.3) is 6.08 Å². The molecule has 0 aliphatic carbocycles. The molecule has 0 saturated carbocycles. The number of rotatable bonds is 1. The van der Waals surface area contributed by atoms with Crippen molar-refractivity contribution in [1.82, 2.24) is 4.98 Å². The second kappa shape index (κ2) is 3.87. The summed E-state index contributed by atoms with van der Waals surface area (Å²) in [6.45, 7) is 0. The third-order valence-corrected chi connectivity index (χ3v) is 2.70. The number of aromatic nitrogens is 1. The third kappa shape index (κ3) is 1.72. The first-order valence-corrected chi connectivity index (χ1v) is 5.37. The van der Waals surface area contributed by atoms with Crippen LogP contribution in [0, 0.1) is 0 Å². The van der Waals surface area contributed by atoms with Gasteiger partial charge in [0, 0.05) is 23.6 Å². The number of fused-ring (bicyclic) bond motifs is 1. The van der Waals surface area contributed by atoms with Gasteiger partial charge in [0.1, 0.15) is 0 Å². The number of allylic oxidation sites excluding steroid dienone is 1. The zero-order valence-electron chi connectivity index (χ0n) is 9.05. The summed E-state index contributed by atoms with van der Waals surface area (Å²) in [6, 6.07) is 11.2. The lowest BCUT2D eigenvalue weighted by atomic mass is 10.1. The summed E-state index contributed by atoms with van der Waals surface area (Å²) in [5.74, 6) is 0.0393. The Morgan fingerprint density at radius 3 is 2.59 bits per heavy atom. The molecular weight excluding hydrogens is 212 g/mol. The molecule has 3 heteroatoms. The molecule has 1 aliphatic rings. The molecule has 1 N–H and O–H groups in total. The number of carbonyl (C=O) groups excluding carboxylic acids is 1. The van der Waals surface area contributed by atoms with Crippen LogP contribution in [0.2, 0.25) is 0 Å². The number of nitrogens with zero attached hydrogens (tertiary/aromatic N) is 1. The molecular formula is C14H10N2O. The summed E-state index contributed by atoms with van der Waals surface area (Å²) in [6.07, 6.45) is 5.25. The summed E-state index contributed by atoms with van der Waals surface area (Å²) in [5, 5.41) is 3.12. The molecule has 0 bridgehead atoms. The predicted molar refractivity (Wildman–Crippen MR) is 66.6 cm³/mol. The molecule has 0 atom stereocenters. The molecule has 1 aliphatic heterocycles. The van der Waals surface area contributed by atoms with E-state index in [0.29, 0.717) is 5.70 Å². The van der Waals surface area contributed by atoms with E-state index in [1.165, 1.54) is 0 Å². The van der Waals surface area contributed by atoms with Gasteiger partial charge in [0.05, 0.1) is 5.70 Å². The van der Waals surface area contributed by atoms with E-state index in [9.17, 15) is 4.79 Å². The second-order valence-corrected chi connectivity index (χ2v) is 3.84. The first kappa shape index (κ1) is 9.78. The van der Waals surface area contributed by atoms with E-state index in [1.54, 1.807) is 12.4 Å². The molecule has 0 fully saturated rings. The van der Waals surface area contributed by atoms with Gasteiger partial charge in [-0.15, -0.1) is 0 Å². The number of pyridine rings is 1. The van der Waals surface area contributed by atoms with Crippen LogP contribution in [0.15, 0.2) is 54.5 Å². The van der Waals surface area contributed by atoms with E-state index in [2.05, 4.69) is 10.3 Å². The number of hydrogen-bond acceptors (Lipinski definition) is 3. The summed E-state index contributed by atoms with van der Waals surface area (Å²) in [7, 11) is 0. The van der Waals surface area contributed by atoms with Gasteiger partial charge in [-0.3, -0.25) is 9.78 Å².